The van der Waals surface area contributed by atoms with Crippen molar-refractivity contribution >= 4 is 32.8 Å². The summed E-state index contributed by atoms with van der Waals surface area (Å²) in [6, 6.07) is 7.65. The minimum atomic E-state index is 0.858. The van der Waals surface area contributed by atoms with Gasteiger partial charge in [-0.1, -0.05) is 10.8 Å². The van der Waals surface area contributed by atoms with Crippen LogP contribution in [-0.4, -0.2) is 18.9 Å². The molecule has 0 unspecified atom stereocenters. The third-order valence-electron chi connectivity index (χ3n) is 1.41. The van der Waals surface area contributed by atoms with E-state index in [0.717, 1.165) is 11.4 Å². The van der Waals surface area contributed by atoms with E-state index in [4.69, 9.17) is 4.74 Å². The molecule has 13 heavy (non-hydrogen) atoms. The maximum absolute atomic E-state index is 5.03. The highest BCUT2D eigenvalue weighted by Crippen LogP contribution is 2.19. The second-order valence-corrected chi connectivity index (χ2v) is 4.51. The van der Waals surface area contributed by atoms with Crippen molar-refractivity contribution in [3.05, 3.63) is 24.3 Å². The van der Waals surface area contributed by atoms with Gasteiger partial charge in [0, 0.05) is 0 Å². The van der Waals surface area contributed by atoms with Gasteiger partial charge < -0.3 is 4.74 Å². The van der Waals surface area contributed by atoms with Crippen LogP contribution in [-0.2, 0) is 0 Å². The maximum atomic E-state index is 5.03. The van der Waals surface area contributed by atoms with Crippen LogP contribution in [0.25, 0.3) is 0 Å². The van der Waals surface area contributed by atoms with E-state index in [2.05, 4.69) is 4.99 Å². The molecule has 4 heteroatoms. The Bertz CT molecular complexity index is 271. The molecule has 0 heterocycles. The van der Waals surface area contributed by atoms with Crippen LogP contribution in [0.15, 0.2) is 29.3 Å². The number of nitrogens with zero attached hydrogens (tertiary/aromatic N) is 1. The SMILES string of the molecule is COc1ccc(N=CSSC)cc1. The predicted octanol–water partition coefficient (Wildman–Crippen LogP) is 3.37. The summed E-state index contributed by atoms with van der Waals surface area (Å²) < 4.78 is 5.03. The molecule has 0 N–H and O–H groups in total. The molecule has 1 rings (SSSR count). The van der Waals surface area contributed by atoms with E-state index >= 15 is 0 Å². The molecule has 0 radical (unpaired) electrons. The minimum absolute atomic E-state index is 0.858. The summed E-state index contributed by atoms with van der Waals surface area (Å²) in [7, 11) is 4.93. The number of benzene rings is 1. The average Bonchev–Trinajstić information content (AvgIpc) is 2.19. The molecule has 2 nitrogen and oxygen atoms in total. The second-order valence-electron chi connectivity index (χ2n) is 2.20. The van der Waals surface area contributed by atoms with Gasteiger partial charge in [-0.2, -0.15) is 0 Å². The first kappa shape index (κ1) is 10.5. The molecule has 0 bridgehead atoms. The van der Waals surface area contributed by atoms with Gasteiger partial charge in [0.05, 0.1) is 18.3 Å². The Kier molecular flexibility index (Phi) is 4.78. The minimum Gasteiger partial charge on any atom is -0.497 e. The van der Waals surface area contributed by atoms with Crippen molar-refractivity contribution in [3.63, 3.8) is 0 Å². The van der Waals surface area contributed by atoms with Crippen LogP contribution in [0.2, 0.25) is 0 Å². The van der Waals surface area contributed by atoms with E-state index in [0.29, 0.717) is 0 Å². The van der Waals surface area contributed by atoms with Gasteiger partial charge in [0.15, 0.2) is 0 Å². The summed E-state index contributed by atoms with van der Waals surface area (Å²) in [4.78, 5) is 4.23. The third-order valence-corrected chi connectivity index (χ3v) is 2.63. The topological polar surface area (TPSA) is 21.6 Å². The van der Waals surface area contributed by atoms with Crippen molar-refractivity contribution in [2.75, 3.05) is 13.4 Å². The first-order chi connectivity index (χ1) is 6.36. The quantitative estimate of drug-likeness (QED) is 0.435. The van der Waals surface area contributed by atoms with E-state index in [9.17, 15) is 0 Å². The fourth-order valence-electron chi connectivity index (χ4n) is 0.794. The van der Waals surface area contributed by atoms with Gasteiger partial charge in [-0.3, -0.25) is 0 Å². The zero-order valence-corrected chi connectivity index (χ0v) is 9.19. The summed E-state index contributed by atoms with van der Waals surface area (Å²) in [5.74, 6) is 0.858. The Hall–Kier alpha value is -0.610. The summed E-state index contributed by atoms with van der Waals surface area (Å²) in [6.07, 6.45) is 2.02. The fourth-order valence-corrected chi connectivity index (χ4v) is 1.43. The molecule has 0 atom stereocenters. The summed E-state index contributed by atoms with van der Waals surface area (Å²) in [5, 5.41) is 0. The zero-order valence-electron chi connectivity index (χ0n) is 7.56. The van der Waals surface area contributed by atoms with Crippen molar-refractivity contribution < 1.29 is 4.74 Å². The van der Waals surface area contributed by atoms with Crippen LogP contribution in [0.1, 0.15) is 0 Å². The van der Waals surface area contributed by atoms with Crippen molar-refractivity contribution in [2.24, 2.45) is 4.99 Å². The average molecular weight is 213 g/mol. The summed E-state index contributed by atoms with van der Waals surface area (Å²) >= 11 is 0. The number of aliphatic imine (C=N–C) groups is 1. The van der Waals surface area contributed by atoms with Crippen LogP contribution >= 0.6 is 21.6 Å². The Morgan fingerprint density at radius 3 is 2.54 bits per heavy atom. The molecule has 0 amide bonds. The van der Waals surface area contributed by atoms with Gasteiger partial charge in [0.25, 0.3) is 0 Å². The molecule has 0 aliphatic rings. The zero-order chi connectivity index (χ0) is 9.52. The van der Waals surface area contributed by atoms with Gasteiger partial charge in [-0.15, -0.1) is 0 Å². The Balaban J connectivity index is 2.58. The number of hydrogen-bond acceptors (Lipinski definition) is 4. The highest BCUT2D eigenvalue weighted by atomic mass is 33.1. The molecule has 0 aromatic heterocycles. The number of rotatable bonds is 4. The van der Waals surface area contributed by atoms with E-state index in [1.54, 1.807) is 28.7 Å². The second kappa shape index (κ2) is 5.94. The number of hydrogen-bond donors (Lipinski definition) is 0. The predicted molar refractivity (Wildman–Crippen MR) is 62.3 cm³/mol. The van der Waals surface area contributed by atoms with Crippen molar-refractivity contribution in [1.29, 1.82) is 0 Å². The van der Waals surface area contributed by atoms with Crippen LogP contribution in [0.3, 0.4) is 0 Å². The molecule has 1 aromatic rings. The third kappa shape index (κ3) is 3.74. The molecule has 0 fully saturated rings. The Morgan fingerprint density at radius 1 is 1.31 bits per heavy atom. The maximum Gasteiger partial charge on any atom is 0.119 e. The van der Waals surface area contributed by atoms with E-state index in [-0.39, 0.29) is 0 Å². The standard InChI is InChI=1S/C9H11NOS2/c1-11-9-5-3-8(4-6-9)10-7-13-12-2/h3-7H,1-2H3. The van der Waals surface area contributed by atoms with Crippen molar-refractivity contribution in [1.82, 2.24) is 0 Å². The highest BCUT2D eigenvalue weighted by Gasteiger charge is 1.89. The van der Waals surface area contributed by atoms with E-state index in [1.807, 2.05) is 36.1 Å². The summed E-state index contributed by atoms with van der Waals surface area (Å²) in [5.41, 5.74) is 2.77. The lowest BCUT2D eigenvalue weighted by molar-refractivity contribution is 0.415. The van der Waals surface area contributed by atoms with Gasteiger partial charge in [-0.05, 0) is 41.3 Å². The lowest BCUT2D eigenvalue weighted by Crippen LogP contribution is -1.79. The van der Waals surface area contributed by atoms with Crippen LogP contribution in [0.4, 0.5) is 5.69 Å². The molecule has 0 aliphatic heterocycles. The molecule has 0 aliphatic carbocycles. The molecular weight excluding hydrogens is 202 g/mol. The smallest absolute Gasteiger partial charge is 0.119 e. The van der Waals surface area contributed by atoms with E-state index in [1.165, 1.54) is 0 Å². The molecule has 1 aromatic carbocycles. The molecular formula is C9H11NOS2. The lowest BCUT2D eigenvalue weighted by atomic mass is 10.3. The van der Waals surface area contributed by atoms with Crippen molar-refractivity contribution in [3.8, 4) is 5.75 Å². The lowest BCUT2D eigenvalue weighted by Gasteiger charge is -1.98. The Labute approximate surface area is 86.2 Å². The van der Waals surface area contributed by atoms with Crippen LogP contribution in [0.5, 0.6) is 5.75 Å². The molecule has 0 spiro atoms. The van der Waals surface area contributed by atoms with Crippen LogP contribution in [0, 0.1) is 0 Å². The summed E-state index contributed by atoms with van der Waals surface area (Å²) in [6.45, 7) is 0. The van der Waals surface area contributed by atoms with Gasteiger partial charge in [-0.25, -0.2) is 4.99 Å². The number of methoxy groups -OCH3 is 1. The van der Waals surface area contributed by atoms with Crippen LogP contribution < -0.4 is 4.74 Å². The monoisotopic (exact) mass is 213 g/mol. The first-order valence-corrected chi connectivity index (χ1v) is 6.35. The fraction of sp³-hybridized carbons (Fsp3) is 0.222. The van der Waals surface area contributed by atoms with Gasteiger partial charge in [0.2, 0.25) is 0 Å². The van der Waals surface area contributed by atoms with Gasteiger partial charge >= 0.3 is 0 Å². The van der Waals surface area contributed by atoms with Crippen molar-refractivity contribution in [2.45, 2.75) is 0 Å². The van der Waals surface area contributed by atoms with E-state index < -0.39 is 0 Å². The van der Waals surface area contributed by atoms with Gasteiger partial charge in [0.1, 0.15) is 5.75 Å². The number of ether oxygens (including phenoxy) is 1. The normalized spacial score (nSPS) is 10.6. The molecule has 0 saturated heterocycles. The molecule has 70 valence electrons. The highest BCUT2D eigenvalue weighted by molar-refractivity contribution is 8.81. The first-order valence-electron chi connectivity index (χ1n) is 3.73. The molecule has 0 saturated carbocycles. The Morgan fingerprint density at radius 2 is 2.00 bits per heavy atom. The largest absolute Gasteiger partial charge is 0.497 e.